The highest BCUT2D eigenvalue weighted by atomic mass is 16.5. The van der Waals surface area contributed by atoms with Crippen LogP contribution in [0.4, 0.5) is 5.69 Å². The molecule has 0 saturated carbocycles. The van der Waals surface area contributed by atoms with Crippen LogP contribution in [0.1, 0.15) is 12.5 Å². The lowest BCUT2D eigenvalue weighted by Crippen LogP contribution is -2.40. The van der Waals surface area contributed by atoms with Crippen LogP contribution in [0.25, 0.3) is 0 Å². The van der Waals surface area contributed by atoms with Gasteiger partial charge in [-0.2, -0.15) is 5.10 Å². The monoisotopic (exact) mass is 294 g/mol. The molecule has 112 valence electrons. The zero-order valence-corrected chi connectivity index (χ0v) is 12.6. The molecular formula is C18H18N2O2. The number of carbonyl (C=O) groups excluding carboxylic acids is 1. The van der Waals surface area contributed by atoms with Gasteiger partial charge in [0, 0.05) is 5.92 Å². The highest BCUT2D eigenvalue weighted by molar-refractivity contribution is 6.08. The number of ether oxygens (including phenoxy) is 1. The first-order valence-corrected chi connectivity index (χ1v) is 7.28. The van der Waals surface area contributed by atoms with Crippen LogP contribution in [0, 0.1) is 5.92 Å². The van der Waals surface area contributed by atoms with Crippen molar-refractivity contribution in [1.29, 1.82) is 0 Å². The highest BCUT2D eigenvalue weighted by Crippen LogP contribution is 2.31. The third-order valence-electron chi connectivity index (χ3n) is 3.92. The fourth-order valence-corrected chi connectivity index (χ4v) is 2.78. The molecule has 2 aromatic rings. The Morgan fingerprint density at radius 3 is 2.23 bits per heavy atom. The van der Waals surface area contributed by atoms with Gasteiger partial charge in [0.2, 0.25) is 0 Å². The van der Waals surface area contributed by atoms with E-state index in [1.165, 1.54) is 7.11 Å². The van der Waals surface area contributed by atoms with E-state index in [0.717, 1.165) is 17.0 Å². The lowest BCUT2D eigenvalue weighted by molar-refractivity contribution is -0.142. The Morgan fingerprint density at radius 1 is 1.05 bits per heavy atom. The van der Waals surface area contributed by atoms with Crippen molar-refractivity contribution in [3.8, 4) is 0 Å². The van der Waals surface area contributed by atoms with Crippen molar-refractivity contribution in [3.63, 3.8) is 0 Å². The van der Waals surface area contributed by atoms with Crippen LogP contribution in [-0.2, 0) is 9.53 Å². The maximum atomic E-state index is 12.2. The van der Waals surface area contributed by atoms with Gasteiger partial charge in [0.1, 0.15) is 0 Å². The number of methoxy groups -OCH3 is 1. The van der Waals surface area contributed by atoms with E-state index in [4.69, 9.17) is 9.84 Å². The zero-order chi connectivity index (χ0) is 15.5. The summed E-state index contributed by atoms with van der Waals surface area (Å²) >= 11 is 0. The topological polar surface area (TPSA) is 41.9 Å². The number of rotatable bonds is 3. The van der Waals surface area contributed by atoms with Gasteiger partial charge in [-0.25, -0.2) is 4.79 Å². The van der Waals surface area contributed by atoms with Gasteiger partial charge >= 0.3 is 5.97 Å². The van der Waals surface area contributed by atoms with E-state index in [2.05, 4.69) is 0 Å². The molecule has 0 aliphatic carbocycles. The van der Waals surface area contributed by atoms with Crippen LogP contribution in [0.15, 0.2) is 65.8 Å². The molecule has 3 rings (SSSR count). The number of carbonyl (C=O) groups is 1. The van der Waals surface area contributed by atoms with Gasteiger partial charge in [0.25, 0.3) is 0 Å². The molecule has 0 amide bonds. The van der Waals surface area contributed by atoms with Crippen molar-refractivity contribution in [2.24, 2.45) is 11.0 Å². The maximum absolute atomic E-state index is 12.2. The first kappa shape index (κ1) is 14.3. The zero-order valence-electron chi connectivity index (χ0n) is 12.6. The molecule has 1 aliphatic rings. The molecule has 4 nitrogen and oxygen atoms in total. The second kappa shape index (κ2) is 6.02. The van der Waals surface area contributed by atoms with Crippen LogP contribution in [0.2, 0.25) is 0 Å². The fraction of sp³-hybridized carbons (Fsp3) is 0.222. The highest BCUT2D eigenvalue weighted by Gasteiger charge is 2.41. The Hall–Kier alpha value is -2.62. The summed E-state index contributed by atoms with van der Waals surface area (Å²) in [5.74, 6) is -0.318. The summed E-state index contributed by atoms with van der Waals surface area (Å²) in [6.07, 6.45) is 0. The molecule has 0 aromatic heterocycles. The van der Waals surface area contributed by atoms with E-state index in [-0.39, 0.29) is 11.9 Å². The molecular weight excluding hydrogens is 276 g/mol. The number of nitrogens with zero attached hydrogens (tertiary/aromatic N) is 2. The average Bonchev–Trinajstić information content (AvgIpc) is 2.93. The number of para-hydroxylation sites is 1. The van der Waals surface area contributed by atoms with Crippen molar-refractivity contribution in [1.82, 2.24) is 0 Å². The average molecular weight is 294 g/mol. The number of hydrazone groups is 1. The lowest BCUT2D eigenvalue weighted by atomic mass is 9.93. The van der Waals surface area contributed by atoms with E-state index in [9.17, 15) is 4.79 Å². The van der Waals surface area contributed by atoms with E-state index in [1.54, 1.807) is 5.01 Å². The summed E-state index contributed by atoms with van der Waals surface area (Å²) in [5, 5.41) is 6.47. The summed E-state index contributed by atoms with van der Waals surface area (Å²) in [5.41, 5.74) is 2.82. The number of hydrogen-bond donors (Lipinski definition) is 0. The van der Waals surface area contributed by atoms with E-state index in [0.29, 0.717) is 0 Å². The van der Waals surface area contributed by atoms with E-state index in [1.807, 2.05) is 67.6 Å². The molecule has 0 spiro atoms. The first-order valence-electron chi connectivity index (χ1n) is 7.28. The number of esters is 1. The van der Waals surface area contributed by atoms with Crippen molar-refractivity contribution < 1.29 is 9.53 Å². The Balaban J connectivity index is 2.04. The summed E-state index contributed by atoms with van der Waals surface area (Å²) in [6, 6.07) is 19.2. The molecule has 4 heteroatoms. The predicted molar refractivity (Wildman–Crippen MR) is 86.9 cm³/mol. The summed E-state index contributed by atoms with van der Waals surface area (Å²) in [6.45, 7) is 2.01. The van der Waals surface area contributed by atoms with Crippen LogP contribution in [-0.4, -0.2) is 24.8 Å². The van der Waals surface area contributed by atoms with E-state index >= 15 is 0 Å². The Labute approximate surface area is 130 Å². The smallest absolute Gasteiger partial charge is 0.331 e. The minimum atomic E-state index is -0.442. The molecule has 2 aromatic carbocycles. The molecule has 0 unspecified atom stereocenters. The molecule has 0 radical (unpaired) electrons. The predicted octanol–water partition coefficient (Wildman–Crippen LogP) is 3.09. The Bertz CT molecular complexity index is 683. The molecule has 1 aliphatic heterocycles. The van der Waals surface area contributed by atoms with Gasteiger partial charge in [-0.15, -0.1) is 0 Å². The minimum Gasteiger partial charge on any atom is -0.467 e. The van der Waals surface area contributed by atoms with Crippen molar-refractivity contribution in [2.75, 3.05) is 12.1 Å². The Morgan fingerprint density at radius 2 is 1.64 bits per heavy atom. The van der Waals surface area contributed by atoms with Gasteiger partial charge in [-0.3, -0.25) is 5.01 Å². The van der Waals surface area contributed by atoms with Crippen molar-refractivity contribution in [3.05, 3.63) is 66.2 Å². The number of anilines is 1. The number of hydrogen-bond acceptors (Lipinski definition) is 4. The largest absolute Gasteiger partial charge is 0.467 e. The standard InChI is InChI=1S/C18H18N2O2/c1-13-16(14-9-5-3-6-10-14)19-20(17(13)18(21)22-2)15-11-7-4-8-12-15/h3-13,17H,1-2H3/t13-,17-/m1/s1. The van der Waals surface area contributed by atoms with Crippen molar-refractivity contribution in [2.45, 2.75) is 13.0 Å². The van der Waals surface area contributed by atoms with Gasteiger partial charge < -0.3 is 4.74 Å². The SMILES string of the molecule is COC(=O)[C@H]1[C@H](C)C(c2ccccc2)=NN1c1ccccc1. The van der Waals surface area contributed by atoms with Crippen molar-refractivity contribution >= 4 is 17.4 Å². The molecule has 2 atom stereocenters. The minimum absolute atomic E-state index is 0.0462. The third-order valence-corrected chi connectivity index (χ3v) is 3.92. The maximum Gasteiger partial charge on any atom is 0.331 e. The first-order chi connectivity index (χ1) is 10.7. The van der Waals surface area contributed by atoms with Crippen LogP contribution in [0.3, 0.4) is 0 Å². The molecule has 1 heterocycles. The van der Waals surface area contributed by atoms with Gasteiger partial charge in [-0.1, -0.05) is 55.5 Å². The van der Waals surface area contributed by atoms with E-state index < -0.39 is 6.04 Å². The fourth-order valence-electron chi connectivity index (χ4n) is 2.78. The van der Waals surface area contributed by atoms with Gasteiger partial charge in [0.05, 0.1) is 18.5 Å². The lowest BCUT2D eigenvalue weighted by Gasteiger charge is -2.23. The van der Waals surface area contributed by atoms with Crippen LogP contribution < -0.4 is 5.01 Å². The third kappa shape index (κ3) is 2.48. The normalized spacial score (nSPS) is 20.6. The van der Waals surface area contributed by atoms with Crippen LogP contribution in [0.5, 0.6) is 0 Å². The summed E-state index contributed by atoms with van der Waals surface area (Å²) in [4.78, 5) is 12.2. The summed E-state index contributed by atoms with van der Waals surface area (Å²) in [7, 11) is 1.42. The van der Waals surface area contributed by atoms with Gasteiger partial charge in [-0.05, 0) is 17.7 Å². The quantitative estimate of drug-likeness (QED) is 0.817. The Kier molecular flexibility index (Phi) is 3.92. The molecule has 0 saturated heterocycles. The van der Waals surface area contributed by atoms with Crippen LogP contribution >= 0.6 is 0 Å². The molecule has 0 N–H and O–H groups in total. The summed E-state index contributed by atoms with van der Waals surface area (Å²) < 4.78 is 4.99. The molecule has 0 fully saturated rings. The van der Waals surface area contributed by atoms with Gasteiger partial charge in [0.15, 0.2) is 6.04 Å². The second-order valence-corrected chi connectivity index (χ2v) is 5.29. The molecule has 22 heavy (non-hydrogen) atoms. The number of benzene rings is 2. The molecule has 0 bridgehead atoms. The second-order valence-electron chi connectivity index (χ2n) is 5.29.